The van der Waals surface area contributed by atoms with Gasteiger partial charge in [-0.25, -0.2) is 0 Å². The lowest BCUT2D eigenvalue weighted by Crippen LogP contribution is -2.51. The van der Waals surface area contributed by atoms with Crippen molar-refractivity contribution in [1.29, 1.82) is 0 Å². The maximum atomic E-state index is 8.80. The van der Waals surface area contributed by atoms with Crippen molar-refractivity contribution in [2.75, 3.05) is 0 Å². The van der Waals surface area contributed by atoms with Gasteiger partial charge in [0.1, 0.15) is 11.4 Å². The summed E-state index contributed by atoms with van der Waals surface area (Å²) in [6.07, 6.45) is 1.56. The molecule has 0 unspecified atom stereocenters. The molecule has 0 atom stereocenters. The number of aromatic nitrogens is 2. The second-order valence-electron chi connectivity index (χ2n) is 7.51. The van der Waals surface area contributed by atoms with Gasteiger partial charge in [-0.2, -0.15) is 0 Å². The van der Waals surface area contributed by atoms with E-state index in [9.17, 15) is 0 Å². The van der Waals surface area contributed by atoms with Crippen LogP contribution in [0.1, 0.15) is 71.8 Å². The summed E-state index contributed by atoms with van der Waals surface area (Å²) < 4.78 is 108. The van der Waals surface area contributed by atoms with Crippen LogP contribution in [0.3, 0.4) is 0 Å². The van der Waals surface area contributed by atoms with Gasteiger partial charge in [0.2, 0.25) is 6.20 Å². The van der Waals surface area contributed by atoms with E-state index in [2.05, 4.69) is 0 Å². The van der Waals surface area contributed by atoms with Gasteiger partial charge in [0, 0.05) is 27.3 Å². The van der Waals surface area contributed by atoms with Crippen molar-refractivity contribution < 1.29 is 21.1 Å². The first-order valence-corrected chi connectivity index (χ1v) is 8.88. The van der Waals surface area contributed by atoms with Gasteiger partial charge in [-0.05, 0) is 48.6 Å². The first-order valence-electron chi connectivity index (χ1n) is 14.9. The van der Waals surface area contributed by atoms with Crippen LogP contribution in [-0.4, -0.2) is 4.68 Å². The molecule has 27 heavy (non-hydrogen) atoms. The molecule has 1 aromatic heterocycles. The Kier molecular flexibility index (Phi) is 1.81. The molecule has 2 heterocycles. The highest BCUT2D eigenvalue weighted by molar-refractivity contribution is 5.75. The van der Waals surface area contributed by atoms with Gasteiger partial charge < -0.3 is 0 Å². The van der Waals surface area contributed by atoms with E-state index in [1.807, 2.05) is 0 Å². The van der Waals surface area contributed by atoms with Gasteiger partial charge in [0.15, 0.2) is 7.05 Å². The Balaban J connectivity index is 2.52. The van der Waals surface area contributed by atoms with E-state index in [-0.39, 0.29) is 22.5 Å². The van der Waals surface area contributed by atoms with E-state index >= 15 is 0 Å². The minimum absolute atomic E-state index is 0.142. The highest BCUT2D eigenvalue weighted by atomic mass is 15.4. The molecule has 0 aliphatic carbocycles. The van der Waals surface area contributed by atoms with Gasteiger partial charge >= 0.3 is 0 Å². The minimum Gasteiger partial charge on any atom is -0.124 e. The Hall–Kier alpha value is -2.35. The molecular formula is C25H31N2+. The molecule has 0 radical (unpaired) electrons. The van der Waals surface area contributed by atoms with Crippen molar-refractivity contribution in [3.05, 3.63) is 70.5 Å². The average Bonchev–Trinajstić information content (AvgIpc) is 3.05. The molecule has 0 amide bonds. The molecule has 2 aromatic carbocycles. The summed E-state index contributed by atoms with van der Waals surface area (Å²) in [6, 6.07) is 9.69. The van der Waals surface area contributed by atoms with Crippen molar-refractivity contribution >= 4 is 0 Å². The number of rotatable bonds is 1. The third kappa shape index (κ3) is 2.22. The predicted molar refractivity (Wildman–Crippen MR) is 113 cm³/mol. The molecule has 0 bridgehead atoms. The smallest absolute Gasteiger partial charge is 0.124 e. The summed E-state index contributed by atoms with van der Waals surface area (Å²) in [5.41, 5.74) is -4.78. The fraction of sp³-hybridized carbons (Fsp3) is 0.400. The molecule has 0 saturated carbocycles. The van der Waals surface area contributed by atoms with E-state index in [1.165, 1.54) is 21.5 Å². The van der Waals surface area contributed by atoms with Crippen LogP contribution in [0.5, 0.6) is 0 Å². The maximum Gasteiger partial charge on any atom is 0.203 e. The third-order valence-corrected chi connectivity index (χ3v) is 5.62. The lowest BCUT2D eigenvalue weighted by atomic mass is 9.59. The molecule has 0 spiro atoms. The summed E-state index contributed by atoms with van der Waals surface area (Å²) >= 11 is 0. The largest absolute Gasteiger partial charge is 0.203 e. The topological polar surface area (TPSA) is 8.81 Å². The number of aryl methyl sites for hydroxylation is 4. The molecule has 140 valence electrons. The predicted octanol–water partition coefficient (Wildman–Crippen LogP) is 5.46. The Bertz CT molecular complexity index is 1400. The highest BCUT2D eigenvalue weighted by Crippen LogP contribution is 2.52. The van der Waals surface area contributed by atoms with Crippen LogP contribution in [0, 0.1) is 20.8 Å². The lowest BCUT2D eigenvalue weighted by molar-refractivity contribution is -0.745. The van der Waals surface area contributed by atoms with Crippen LogP contribution >= 0.6 is 0 Å². The van der Waals surface area contributed by atoms with E-state index in [0.29, 0.717) is 22.3 Å². The molecule has 0 fully saturated rings. The SMILES string of the molecule is [2H]C([2H])([2H])C1(C([2H])([2H])[2H])c2cccc(C)c2-n2c(c(-c3c(C)cccc3C)c[n+]2C)C1(C([2H])([2H])[2H])C([2H])([2H])[2H]. The molecule has 0 saturated heterocycles. The quantitative estimate of drug-likeness (QED) is 0.502. The number of benzene rings is 2. The minimum atomic E-state index is -3.61. The number of fused-ring (bicyclic) bond motifs is 3. The van der Waals surface area contributed by atoms with E-state index < -0.39 is 38.2 Å². The number of para-hydroxylation sites is 1. The monoisotopic (exact) mass is 371 g/mol. The fourth-order valence-corrected chi connectivity index (χ4v) is 4.25. The van der Waals surface area contributed by atoms with Gasteiger partial charge in [0.25, 0.3) is 0 Å². The van der Waals surface area contributed by atoms with Crippen molar-refractivity contribution in [3.8, 4) is 16.8 Å². The van der Waals surface area contributed by atoms with Crippen molar-refractivity contribution in [2.24, 2.45) is 7.05 Å². The first-order chi connectivity index (χ1) is 17.6. The molecule has 2 nitrogen and oxygen atoms in total. The van der Waals surface area contributed by atoms with Gasteiger partial charge in [-0.1, -0.05) is 63.8 Å². The summed E-state index contributed by atoms with van der Waals surface area (Å²) in [5.74, 6) is 0. The zero-order chi connectivity index (χ0) is 29.7. The number of nitrogens with zero attached hydrogens (tertiary/aromatic N) is 2. The fourth-order valence-electron chi connectivity index (χ4n) is 4.25. The first kappa shape index (κ1) is 8.77. The van der Waals surface area contributed by atoms with Crippen molar-refractivity contribution in [1.82, 2.24) is 4.68 Å². The Morgan fingerprint density at radius 2 is 1.44 bits per heavy atom. The average molecular weight is 372 g/mol. The van der Waals surface area contributed by atoms with Crippen molar-refractivity contribution in [2.45, 2.75) is 59.0 Å². The maximum absolute atomic E-state index is 8.80. The van der Waals surface area contributed by atoms with Crippen LogP contribution in [0.2, 0.25) is 0 Å². The van der Waals surface area contributed by atoms with Crippen molar-refractivity contribution in [3.63, 3.8) is 0 Å². The van der Waals surface area contributed by atoms with Crippen LogP contribution in [-0.2, 0) is 17.9 Å². The number of hydrogen-bond acceptors (Lipinski definition) is 0. The lowest BCUT2D eigenvalue weighted by Gasteiger charge is -2.46. The molecule has 2 heteroatoms. The van der Waals surface area contributed by atoms with Crippen LogP contribution in [0.15, 0.2) is 42.6 Å². The summed E-state index contributed by atoms with van der Waals surface area (Å²) in [7, 11) is 1.60. The normalized spacial score (nSPS) is 25.2. The molecule has 1 aliphatic heterocycles. The molecule has 3 aromatic rings. The molecule has 0 N–H and O–H groups in total. The third-order valence-electron chi connectivity index (χ3n) is 5.62. The zero-order valence-electron chi connectivity index (χ0n) is 27.9. The van der Waals surface area contributed by atoms with E-state index in [0.717, 1.165) is 0 Å². The van der Waals surface area contributed by atoms with Gasteiger partial charge in [-0.15, -0.1) is 9.36 Å². The summed E-state index contributed by atoms with van der Waals surface area (Å²) in [6.45, 7) is -9.19. The van der Waals surface area contributed by atoms with Gasteiger partial charge in [0.05, 0.1) is 5.56 Å². The van der Waals surface area contributed by atoms with E-state index in [1.54, 1.807) is 58.3 Å². The Morgan fingerprint density at radius 3 is 2.07 bits per heavy atom. The van der Waals surface area contributed by atoms with Crippen LogP contribution in [0.25, 0.3) is 16.8 Å². The second-order valence-corrected chi connectivity index (χ2v) is 7.51. The molecular weight excluding hydrogens is 328 g/mol. The molecule has 1 aliphatic rings. The standard InChI is InChI=1S/C25H31N2/c1-16-11-9-12-17(2)21(16)19-15-26(8)27-22-18(3)13-10-14-20(22)24(4,5)25(6,7)23(19)27/h9-15H,1-8H3/q+1/i4D3,5D3,6D3,7D3. The molecule has 4 rings (SSSR count). The Labute approximate surface area is 180 Å². The van der Waals surface area contributed by atoms with Gasteiger partial charge in [-0.3, -0.25) is 0 Å². The van der Waals surface area contributed by atoms with E-state index in [4.69, 9.17) is 16.4 Å². The summed E-state index contributed by atoms with van der Waals surface area (Å²) in [4.78, 5) is 0. The van der Waals surface area contributed by atoms with Crippen LogP contribution in [0.4, 0.5) is 0 Å². The Morgan fingerprint density at radius 1 is 0.852 bits per heavy atom. The van der Waals surface area contributed by atoms with Crippen LogP contribution < -0.4 is 4.68 Å². The number of hydrogen-bond donors (Lipinski definition) is 0. The highest BCUT2D eigenvalue weighted by Gasteiger charge is 2.51. The zero-order valence-corrected chi connectivity index (χ0v) is 15.9. The second kappa shape index (κ2) is 5.58. The summed E-state index contributed by atoms with van der Waals surface area (Å²) in [5, 5.41) is 0.